The largest absolute Gasteiger partial charge is 0.445 e. The van der Waals surface area contributed by atoms with Crippen molar-refractivity contribution < 1.29 is 19.1 Å². The molecule has 0 aliphatic carbocycles. The molecule has 3 N–H and O–H groups in total. The molecule has 0 aliphatic heterocycles. The third-order valence-electron chi connectivity index (χ3n) is 5.37. The average Bonchev–Trinajstić information content (AvgIpc) is 2.79. The van der Waals surface area contributed by atoms with Gasteiger partial charge in [0, 0.05) is 18.2 Å². The minimum absolute atomic E-state index is 0.0981. The molecule has 0 saturated carbocycles. The molecule has 7 heteroatoms. The molecule has 0 aliphatic rings. The van der Waals surface area contributed by atoms with Crippen LogP contribution in [-0.4, -0.2) is 36.5 Å². The Labute approximate surface area is 196 Å². The van der Waals surface area contributed by atoms with E-state index in [1.54, 1.807) is 12.1 Å². The van der Waals surface area contributed by atoms with Crippen LogP contribution in [0.4, 0.5) is 4.79 Å². The number of hydrogen-bond donors (Lipinski definition) is 3. The number of carbonyl (C=O) groups excluding carboxylic acids is 3. The lowest BCUT2D eigenvalue weighted by Crippen LogP contribution is -2.53. The fourth-order valence-electron chi connectivity index (χ4n) is 3.16. The van der Waals surface area contributed by atoms with Crippen LogP contribution in [0.2, 0.25) is 0 Å². The Hall–Kier alpha value is -3.35. The molecule has 0 spiro atoms. The van der Waals surface area contributed by atoms with Crippen LogP contribution in [0.1, 0.15) is 49.2 Å². The van der Waals surface area contributed by atoms with E-state index >= 15 is 0 Å². The molecular formula is C26H35N3O4. The molecule has 0 heterocycles. The zero-order valence-corrected chi connectivity index (χ0v) is 20.1. The van der Waals surface area contributed by atoms with E-state index in [0.717, 1.165) is 11.1 Å². The van der Waals surface area contributed by atoms with E-state index < -0.39 is 12.1 Å². The maximum atomic E-state index is 12.8. The summed E-state index contributed by atoms with van der Waals surface area (Å²) >= 11 is 0. The second-order valence-electron chi connectivity index (χ2n) is 8.86. The smallest absolute Gasteiger partial charge is 0.408 e. The molecule has 0 radical (unpaired) electrons. The Morgan fingerprint density at radius 3 is 2.06 bits per heavy atom. The number of nitrogens with one attached hydrogen (secondary N) is 3. The number of benzene rings is 2. The predicted molar refractivity (Wildman–Crippen MR) is 129 cm³/mol. The van der Waals surface area contributed by atoms with Gasteiger partial charge in [-0.1, -0.05) is 75.7 Å². The van der Waals surface area contributed by atoms with Gasteiger partial charge in [-0.2, -0.15) is 0 Å². The highest BCUT2D eigenvalue weighted by Gasteiger charge is 2.26. The lowest BCUT2D eigenvalue weighted by molar-refractivity contribution is -0.124. The van der Waals surface area contributed by atoms with Gasteiger partial charge in [0.1, 0.15) is 12.6 Å². The van der Waals surface area contributed by atoms with Gasteiger partial charge in [0.15, 0.2) is 0 Å². The first-order valence-electron chi connectivity index (χ1n) is 11.3. The van der Waals surface area contributed by atoms with Crippen molar-refractivity contribution >= 4 is 17.9 Å². The third-order valence-corrected chi connectivity index (χ3v) is 5.37. The second-order valence-corrected chi connectivity index (χ2v) is 8.86. The van der Waals surface area contributed by atoms with Crippen LogP contribution in [0.15, 0.2) is 54.6 Å². The lowest BCUT2D eigenvalue weighted by atomic mass is 10.0. The van der Waals surface area contributed by atoms with E-state index in [2.05, 4.69) is 16.0 Å². The zero-order valence-electron chi connectivity index (χ0n) is 20.1. The fourth-order valence-corrected chi connectivity index (χ4v) is 3.16. The lowest BCUT2D eigenvalue weighted by Gasteiger charge is -2.26. The van der Waals surface area contributed by atoms with Gasteiger partial charge in [-0.25, -0.2) is 4.79 Å². The van der Waals surface area contributed by atoms with Crippen LogP contribution < -0.4 is 16.0 Å². The van der Waals surface area contributed by atoms with Crippen LogP contribution in [0.5, 0.6) is 0 Å². The summed E-state index contributed by atoms with van der Waals surface area (Å²) in [5.41, 5.74) is 2.51. The molecule has 33 heavy (non-hydrogen) atoms. The molecule has 2 atom stereocenters. The summed E-state index contributed by atoms with van der Waals surface area (Å²) in [6.07, 6.45) is -0.652. The van der Waals surface area contributed by atoms with E-state index in [-0.39, 0.29) is 42.8 Å². The van der Waals surface area contributed by atoms with Crippen molar-refractivity contribution in [2.24, 2.45) is 11.8 Å². The van der Waals surface area contributed by atoms with Crippen molar-refractivity contribution in [1.82, 2.24) is 16.0 Å². The number of rotatable bonds is 10. The summed E-state index contributed by atoms with van der Waals surface area (Å²) in [5.74, 6) is -0.558. The summed E-state index contributed by atoms with van der Waals surface area (Å²) in [7, 11) is 0. The summed E-state index contributed by atoms with van der Waals surface area (Å²) < 4.78 is 5.25. The molecule has 7 nitrogen and oxygen atoms in total. The highest BCUT2D eigenvalue weighted by atomic mass is 16.5. The first kappa shape index (κ1) is 25.9. The maximum Gasteiger partial charge on any atom is 0.408 e. The summed E-state index contributed by atoms with van der Waals surface area (Å²) in [6.45, 7) is 9.99. The Morgan fingerprint density at radius 1 is 0.848 bits per heavy atom. The van der Waals surface area contributed by atoms with Crippen molar-refractivity contribution in [3.63, 3.8) is 0 Å². The molecule has 0 unspecified atom stereocenters. The molecule has 0 aromatic heterocycles. The number of aryl methyl sites for hydroxylation is 1. The second kappa shape index (κ2) is 12.6. The van der Waals surface area contributed by atoms with Gasteiger partial charge < -0.3 is 20.7 Å². The maximum absolute atomic E-state index is 12.8. The molecule has 3 amide bonds. The fraction of sp³-hybridized carbons (Fsp3) is 0.423. The topological polar surface area (TPSA) is 96.5 Å². The predicted octanol–water partition coefficient (Wildman–Crippen LogP) is 3.82. The van der Waals surface area contributed by atoms with Crippen molar-refractivity contribution in [2.75, 3.05) is 6.54 Å². The molecule has 2 aromatic carbocycles. The van der Waals surface area contributed by atoms with Crippen LogP contribution in [0.25, 0.3) is 0 Å². The van der Waals surface area contributed by atoms with Gasteiger partial charge in [0.2, 0.25) is 5.91 Å². The average molecular weight is 454 g/mol. The van der Waals surface area contributed by atoms with Crippen LogP contribution >= 0.6 is 0 Å². The number of amides is 3. The van der Waals surface area contributed by atoms with Crippen LogP contribution in [0, 0.1) is 18.8 Å². The monoisotopic (exact) mass is 453 g/mol. The van der Waals surface area contributed by atoms with Gasteiger partial charge in [0.05, 0.1) is 0 Å². The number of ether oxygens (including phenoxy) is 1. The SMILES string of the molecule is Cc1ccc(C(=O)N[C@@H](CNC(=O)[C@@H](NC(=O)OCc2ccccc2)C(C)C)C(C)C)cc1. The molecule has 0 bridgehead atoms. The normalized spacial score (nSPS) is 12.7. The van der Waals surface area contributed by atoms with E-state index in [1.807, 2.05) is 77.1 Å². The van der Waals surface area contributed by atoms with Crippen molar-refractivity contribution in [1.29, 1.82) is 0 Å². The Morgan fingerprint density at radius 2 is 1.48 bits per heavy atom. The highest BCUT2D eigenvalue weighted by Crippen LogP contribution is 2.08. The van der Waals surface area contributed by atoms with Crippen molar-refractivity contribution in [3.8, 4) is 0 Å². The minimum atomic E-state index is -0.756. The van der Waals surface area contributed by atoms with Crippen LogP contribution in [0.3, 0.4) is 0 Å². The minimum Gasteiger partial charge on any atom is -0.445 e. The van der Waals surface area contributed by atoms with Crippen LogP contribution in [-0.2, 0) is 16.1 Å². The number of hydrogen-bond acceptors (Lipinski definition) is 4. The van der Waals surface area contributed by atoms with Gasteiger partial charge in [-0.3, -0.25) is 9.59 Å². The molecular weight excluding hydrogens is 418 g/mol. The first-order valence-corrected chi connectivity index (χ1v) is 11.3. The van der Waals surface area contributed by atoms with Crippen molar-refractivity contribution in [2.45, 2.75) is 53.3 Å². The van der Waals surface area contributed by atoms with Gasteiger partial charge in [-0.15, -0.1) is 0 Å². The van der Waals surface area contributed by atoms with Gasteiger partial charge in [-0.05, 0) is 36.5 Å². The Balaban J connectivity index is 1.90. The van der Waals surface area contributed by atoms with E-state index in [4.69, 9.17) is 4.74 Å². The molecule has 2 aromatic rings. The molecule has 0 fully saturated rings. The number of alkyl carbamates (subject to hydrolysis) is 1. The Kier molecular flexibility index (Phi) is 9.91. The van der Waals surface area contributed by atoms with Gasteiger partial charge >= 0.3 is 6.09 Å². The molecule has 0 saturated heterocycles. The first-order chi connectivity index (χ1) is 15.7. The van der Waals surface area contributed by atoms with E-state index in [9.17, 15) is 14.4 Å². The summed E-state index contributed by atoms with van der Waals surface area (Å²) in [6, 6.07) is 15.6. The Bertz CT molecular complexity index is 911. The number of carbonyl (C=O) groups is 3. The molecule has 178 valence electrons. The summed E-state index contributed by atoms with van der Waals surface area (Å²) in [5, 5.41) is 8.51. The highest BCUT2D eigenvalue weighted by molar-refractivity contribution is 5.94. The third kappa shape index (κ3) is 8.60. The summed E-state index contributed by atoms with van der Waals surface area (Å²) in [4.78, 5) is 37.7. The van der Waals surface area contributed by atoms with E-state index in [0.29, 0.717) is 5.56 Å². The zero-order chi connectivity index (χ0) is 24.4. The van der Waals surface area contributed by atoms with E-state index in [1.165, 1.54) is 0 Å². The molecule has 2 rings (SSSR count). The standard InChI is InChI=1S/C26H35N3O4/c1-17(2)22(28-24(30)21-13-11-19(5)12-14-21)15-27-25(31)23(18(3)4)29-26(32)33-16-20-9-7-6-8-10-20/h6-14,17-18,22-23H,15-16H2,1-5H3,(H,27,31)(H,28,30)(H,29,32)/t22-,23-/m0/s1. The van der Waals surface area contributed by atoms with Crippen molar-refractivity contribution in [3.05, 3.63) is 71.3 Å². The van der Waals surface area contributed by atoms with Gasteiger partial charge in [0.25, 0.3) is 5.91 Å². The quantitative estimate of drug-likeness (QED) is 0.510.